The van der Waals surface area contributed by atoms with Crippen LogP contribution in [0.1, 0.15) is 18.5 Å². The number of rotatable bonds is 5. The Morgan fingerprint density at radius 3 is 2.50 bits per heavy atom. The predicted octanol–water partition coefficient (Wildman–Crippen LogP) is 5.69. The SMILES string of the molecule is CC(c1ccncc1)N(C)c1ccc(-c2cc(-c3cccc(Br)c3)c3c(N)ncnc3n2)cn1. The lowest BCUT2D eigenvalue weighted by molar-refractivity contribution is 0.727. The fourth-order valence-corrected chi connectivity index (χ4v) is 4.33. The molecule has 1 unspecified atom stereocenters. The Balaban J connectivity index is 1.55. The van der Waals surface area contributed by atoms with E-state index in [9.17, 15) is 0 Å². The Labute approximate surface area is 205 Å². The number of hydrogen-bond acceptors (Lipinski definition) is 7. The summed E-state index contributed by atoms with van der Waals surface area (Å²) < 4.78 is 0.976. The van der Waals surface area contributed by atoms with E-state index >= 15 is 0 Å². The number of fused-ring (bicyclic) bond motifs is 1. The number of nitrogen functional groups attached to an aromatic ring is 1. The average Bonchev–Trinajstić information content (AvgIpc) is 2.88. The van der Waals surface area contributed by atoms with E-state index in [-0.39, 0.29) is 6.04 Å². The molecule has 0 amide bonds. The molecule has 8 heteroatoms. The first kappa shape index (κ1) is 21.9. The summed E-state index contributed by atoms with van der Waals surface area (Å²) in [4.78, 5) is 24.3. The van der Waals surface area contributed by atoms with Crippen molar-refractivity contribution in [3.63, 3.8) is 0 Å². The fourth-order valence-electron chi connectivity index (χ4n) is 3.93. The van der Waals surface area contributed by atoms with Gasteiger partial charge in [0.15, 0.2) is 5.65 Å². The second-order valence-electron chi connectivity index (χ2n) is 8.00. The lowest BCUT2D eigenvalue weighted by atomic mass is 10.0. The molecule has 168 valence electrons. The van der Waals surface area contributed by atoms with Crippen LogP contribution >= 0.6 is 15.9 Å². The number of nitrogens with two attached hydrogens (primary N) is 1. The molecule has 34 heavy (non-hydrogen) atoms. The molecule has 0 fully saturated rings. The van der Waals surface area contributed by atoms with Crippen molar-refractivity contribution in [3.05, 3.63) is 89.6 Å². The summed E-state index contributed by atoms with van der Waals surface area (Å²) in [6.45, 7) is 2.14. The third kappa shape index (κ3) is 4.20. The highest BCUT2D eigenvalue weighted by atomic mass is 79.9. The van der Waals surface area contributed by atoms with Crippen molar-refractivity contribution in [2.45, 2.75) is 13.0 Å². The van der Waals surface area contributed by atoms with Gasteiger partial charge in [0.2, 0.25) is 0 Å². The summed E-state index contributed by atoms with van der Waals surface area (Å²) in [6, 6.07) is 18.3. The molecule has 5 rings (SSSR count). The summed E-state index contributed by atoms with van der Waals surface area (Å²) in [5.41, 5.74) is 11.5. The van der Waals surface area contributed by atoms with E-state index in [0.29, 0.717) is 11.5 Å². The van der Waals surface area contributed by atoms with Gasteiger partial charge in [0.1, 0.15) is 18.0 Å². The van der Waals surface area contributed by atoms with E-state index in [4.69, 9.17) is 15.7 Å². The molecule has 0 bridgehead atoms. The molecule has 7 nitrogen and oxygen atoms in total. The van der Waals surface area contributed by atoms with Crippen LogP contribution in [0.4, 0.5) is 11.6 Å². The molecule has 0 spiro atoms. The van der Waals surface area contributed by atoms with Crippen LogP contribution in [-0.2, 0) is 0 Å². The molecular weight excluding hydrogens is 490 g/mol. The van der Waals surface area contributed by atoms with E-state index < -0.39 is 0 Å². The zero-order chi connectivity index (χ0) is 23.7. The summed E-state index contributed by atoms with van der Waals surface area (Å²) in [5, 5.41) is 0.736. The Morgan fingerprint density at radius 1 is 0.941 bits per heavy atom. The summed E-state index contributed by atoms with van der Waals surface area (Å²) in [5.74, 6) is 1.27. The van der Waals surface area contributed by atoms with Gasteiger partial charge in [-0.2, -0.15) is 0 Å². The summed E-state index contributed by atoms with van der Waals surface area (Å²) in [7, 11) is 2.03. The number of anilines is 2. The Hall–Kier alpha value is -3.91. The maximum atomic E-state index is 6.23. The van der Waals surface area contributed by atoms with Gasteiger partial charge in [-0.25, -0.2) is 19.9 Å². The highest BCUT2D eigenvalue weighted by molar-refractivity contribution is 9.10. The standard InChI is InChI=1S/C26H22BrN7/c1-16(17-8-10-29-11-9-17)34(2)23-7-6-19(14-30-23)22-13-21(18-4-3-5-20(27)12-18)24-25(28)31-15-32-26(24)33-22/h3-16H,1-2H3,(H2,28,31,32,33). The highest BCUT2D eigenvalue weighted by Crippen LogP contribution is 2.35. The minimum absolute atomic E-state index is 0.156. The van der Waals surface area contributed by atoms with Crippen molar-refractivity contribution in [1.82, 2.24) is 24.9 Å². The van der Waals surface area contributed by atoms with Gasteiger partial charge in [-0.15, -0.1) is 0 Å². The topological polar surface area (TPSA) is 93.7 Å². The van der Waals surface area contributed by atoms with Gasteiger partial charge < -0.3 is 10.6 Å². The van der Waals surface area contributed by atoms with Crippen molar-refractivity contribution < 1.29 is 0 Å². The van der Waals surface area contributed by atoms with Crippen molar-refractivity contribution in [1.29, 1.82) is 0 Å². The molecule has 0 saturated carbocycles. The van der Waals surface area contributed by atoms with Crippen molar-refractivity contribution in [3.8, 4) is 22.4 Å². The smallest absolute Gasteiger partial charge is 0.165 e. The Morgan fingerprint density at radius 2 is 1.76 bits per heavy atom. The van der Waals surface area contributed by atoms with Crippen molar-refractivity contribution in [2.24, 2.45) is 0 Å². The molecule has 2 N–H and O–H groups in total. The molecular formula is C26H22BrN7. The summed E-state index contributed by atoms with van der Waals surface area (Å²) >= 11 is 3.56. The van der Waals surface area contributed by atoms with E-state index in [2.05, 4.69) is 42.7 Å². The van der Waals surface area contributed by atoms with Crippen LogP contribution in [0.25, 0.3) is 33.4 Å². The van der Waals surface area contributed by atoms with Crippen LogP contribution in [0.2, 0.25) is 0 Å². The van der Waals surface area contributed by atoms with Gasteiger partial charge in [0.05, 0.1) is 17.1 Å². The van der Waals surface area contributed by atoms with E-state index in [1.54, 1.807) is 12.4 Å². The Bertz CT molecular complexity index is 1460. The lowest BCUT2D eigenvalue weighted by Crippen LogP contribution is -2.22. The molecule has 1 aromatic carbocycles. The normalized spacial score (nSPS) is 12.0. The van der Waals surface area contributed by atoms with Gasteiger partial charge >= 0.3 is 0 Å². The minimum Gasteiger partial charge on any atom is -0.383 e. The van der Waals surface area contributed by atoms with E-state index in [1.165, 1.54) is 11.9 Å². The molecule has 4 heterocycles. The first-order valence-corrected chi connectivity index (χ1v) is 11.6. The third-order valence-corrected chi connectivity index (χ3v) is 6.44. The highest BCUT2D eigenvalue weighted by Gasteiger charge is 2.16. The number of pyridine rings is 3. The Kier molecular flexibility index (Phi) is 5.90. The first-order valence-electron chi connectivity index (χ1n) is 10.8. The number of benzene rings is 1. The lowest BCUT2D eigenvalue weighted by Gasteiger charge is -2.26. The quantitative estimate of drug-likeness (QED) is 0.323. The van der Waals surface area contributed by atoms with Gasteiger partial charge in [-0.3, -0.25) is 4.98 Å². The number of aromatic nitrogens is 5. The molecule has 0 saturated heterocycles. The predicted molar refractivity (Wildman–Crippen MR) is 139 cm³/mol. The van der Waals surface area contributed by atoms with E-state index in [1.807, 2.05) is 67.8 Å². The number of nitrogens with zero attached hydrogens (tertiary/aromatic N) is 6. The van der Waals surface area contributed by atoms with Gasteiger partial charge in [-0.1, -0.05) is 28.1 Å². The molecule has 0 radical (unpaired) electrons. The fraction of sp³-hybridized carbons (Fsp3) is 0.115. The second-order valence-corrected chi connectivity index (χ2v) is 8.91. The van der Waals surface area contributed by atoms with Crippen LogP contribution in [0, 0.1) is 0 Å². The van der Waals surface area contributed by atoms with Crippen molar-refractivity contribution in [2.75, 3.05) is 17.7 Å². The monoisotopic (exact) mass is 511 g/mol. The van der Waals surface area contributed by atoms with Crippen LogP contribution < -0.4 is 10.6 Å². The largest absolute Gasteiger partial charge is 0.383 e. The van der Waals surface area contributed by atoms with Crippen LogP contribution in [0.5, 0.6) is 0 Å². The van der Waals surface area contributed by atoms with E-state index in [0.717, 1.165) is 38.1 Å². The minimum atomic E-state index is 0.156. The van der Waals surface area contributed by atoms with Crippen molar-refractivity contribution >= 4 is 38.6 Å². The second kappa shape index (κ2) is 9.15. The van der Waals surface area contributed by atoms with Crippen LogP contribution in [-0.4, -0.2) is 32.0 Å². The van der Waals surface area contributed by atoms with Gasteiger partial charge in [0.25, 0.3) is 0 Å². The molecule has 0 aliphatic rings. The average molecular weight is 512 g/mol. The number of halogens is 1. The first-order chi connectivity index (χ1) is 16.5. The molecule has 0 aliphatic heterocycles. The number of hydrogen-bond donors (Lipinski definition) is 1. The maximum Gasteiger partial charge on any atom is 0.165 e. The van der Waals surface area contributed by atoms with Crippen LogP contribution in [0.15, 0.2) is 84.0 Å². The van der Waals surface area contributed by atoms with Gasteiger partial charge in [-0.05, 0) is 66.1 Å². The third-order valence-electron chi connectivity index (χ3n) is 5.94. The van der Waals surface area contributed by atoms with Gasteiger partial charge in [0, 0.05) is 35.7 Å². The zero-order valence-electron chi connectivity index (χ0n) is 18.7. The molecule has 4 aromatic heterocycles. The maximum absolute atomic E-state index is 6.23. The molecule has 1 atom stereocenters. The van der Waals surface area contributed by atoms with Crippen LogP contribution in [0.3, 0.4) is 0 Å². The zero-order valence-corrected chi connectivity index (χ0v) is 20.3. The summed E-state index contributed by atoms with van der Waals surface area (Å²) in [6.07, 6.45) is 6.89. The molecule has 0 aliphatic carbocycles. The molecule has 5 aromatic rings.